The maximum Gasteiger partial charge on any atom is 0.341 e. The van der Waals surface area contributed by atoms with Crippen molar-refractivity contribution in [3.05, 3.63) is 70.9 Å². The molecule has 54 heavy (non-hydrogen) atoms. The van der Waals surface area contributed by atoms with Crippen LogP contribution in [0.4, 0.5) is 5.69 Å². The number of nitrogens with zero attached hydrogens (tertiary/aromatic N) is 1. The van der Waals surface area contributed by atoms with E-state index in [1.165, 1.54) is 7.11 Å². The zero-order chi connectivity index (χ0) is 38.6. The molecule has 0 spiro atoms. The number of aliphatic hydroxyl groups excluding tert-OH is 2. The van der Waals surface area contributed by atoms with E-state index in [1.807, 2.05) is 48.5 Å². The zero-order valence-electron chi connectivity index (χ0n) is 32.3. The molecule has 1 aromatic heterocycles. The number of carboxylic acids is 1. The number of carboxylic acid groups (broad SMARTS) is 1. The molecule has 0 radical (unpaired) electrons. The SMILES string of the molecule is COC(=O)c1c(C)nc2ccccc2c1NCc1ccc(C#CC2(O)CCC3(C)C(CC(O)C4C3CC(O)C3(C)C(C(C)CCC(=O)O)CCC43)C2)cc1. The highest BCUT2D eigenvalue weighted by molar-refractivity contribution is 6.06. The first-order valence-corrected chi connectivity index (χ1v) is 19.8. The standard InChI is InChI=1S/C45H56N2O7/c1-26(10-17-38(50)51)32-15-16-33-40-34(23-37(49)44(32,33)4)43(3)20-21-45(53,24-30(43)22-36(40)48)19-18-28-11-13-29(14-12-28)25-46-41-31-8-6-7-9-35(31)47-27(2)39(41)42(52)54-5/h6-9,11-14,26,30,32-34,36-37,40,48-49,53H,10,15-17,20-25H2,1-5H3,(H,46,47)(H,50,51). The lowest BCUT2D eigenvalue weighted by Crippen LogP contribution is -2.63. The van der Waals surface area contributed by atoms with Crippen LogP contribution in [-0.2, 0) is 16.1 Å². The van der Waals surface area contributed by atoms with Gasteiger partial charge in [0, 0.05) is 23.9 Å². The summed E-state index contributed by atoms with van der Waals surface area (Å²) in [6.07, 6.45) is 4.72. The summed E-state index contributed by atoms with van der Waals surface area (Å²) in [5, 5.41) is 49.2. The molecule has 9 nitrogen and oxygen atoms in total. The van der Waals surface area contributed by atoms with Crippen molar-refractivity contribution in [2.45, 2.75) is 110 Å². The van der Waals surface area contributed by atoms with Gasteiger partial charge in [-0.05, 0) is 128 Å². The van der Waals surface area contributed by atoms with Crippen molar-refractivity contribution in [3.63, 3.8) is 0 Å². The summed E-state index contributed by atoms with van der Waals surface area (Å²) in [5.74, 6) is 6.21. The molecule has 9 heteroatoms. The Bertz CT molecular complexity index is 1970. The van der Waals surface area contributed by atoms with Crippen molar-refractivity contribution in [2.75, 3.05) is 12.4 Å². The van der Waals surface area contributed by atoms with Crippen LogP contribution in [0.2, 0.25) is 0 Å². The van der Waals surface area contributed by atoms with Crippen molar-refractivity contribution in [1.82, 2.24) is 4.98 Å². The van der Waals surface area contributed by atoms with Gasteiger partial charge in [0.05, 0.1) is 36.2 Å². The van der Waals surface area contributed by atoms with E-state index in [0.29, 0.717) is 55.6 Å². The average molecular weight is 737 g/mol. The second kappa shape index (κ2) is 14.6. The number of nitrogens with one attached hydrogen (secondary N) is 1. The number of benzene rings is 2. The normalized spacial score (nSPS) is 34.8. The van der Waals surface area contributed by atoms with Crippen molar-refractivity contribution in [1.29, 1.82) is 0 Å². The summed E-state index contributed by atoms with van der Waals surface area (Å²) >= 11 is 0. The smallest absolute Gasteiger partial charge is 0.341 e. The minimum atomic E-state index is -1.17. The number of carbonyl (C=O) groups excluding carboxylic acids is 1. The predicted molar refractivity (Wildman–Crippen MR) is 207 cm³/mol. The van der Waals surface area contributed by atoms with Gasteiger partial charge in [-0.1, -0.05) is 62.9 Å². The van der Waals surface area contributed by atoms with Gasteiger partial charge in [-0.2, -0.15) is 0 Å². The predicted octanol–water partition coefficient (Wildman–Crippen LogP) is 7.13. The van der Waals surface area contributed by atoms with Crippen LogP contribution in [0.5, 0.6) is 0 Å². The number of methoxy groups -OCH3 is 1. The first-order chi connectivity index (χ1) is 25.7. The monoisotopic (exact) mass is 736 g/mol. The summed E-state index contributed by atoms with van der Waals surface area (Å²) in [7, 11) is 1.37. The summed E-state index contributed by atoms with van der Waals surface area (Å²) in [4.78, 5) is 28.6. The van der Waals surface area contributed by atoms with Crippen LogP contribution in [0.3, 0.4) is 0 Å². The Morgan fingerprint density at radius 1 is 1.04 bits per heavy atom. The number of ether oxygens (including phenoxy) is 1. The van der Waals surface area contributed by atoms with Crippen LogP contribution in [0.1, 0.15) is 106 Å². The van der Waals surface area contributed by atoms with Gasteiger partial charge in [0.2, 0.25) is 0 Å². The van der Waals surface area contributed by atoms with Gasteiger partial charge in [-0.15, -0.1) is 0 Å². The number of hydrogen-bond acceptors (Lipinski definition) is 8. The van der Waals surface area contributed by atoms with Crippen molar-refractivity contribution >= 4 is 28.5 Å². The van der Waals surface area contributed by atoms with E-state index in [9.17, 15) is 30.0 Å². The summed E-state index contributed by atoms with van der Waals surface area (Å²) in [6, 6.07) is 15.6. The highest BCUT2D eigenvalue weighted by Gasteiger charge is 2.66. The molecule has 0 bridgehead atoms. The fourth-order valence-corrected chi connectivity index (χ4v) is 11.8. The van der Waals surface area contributed by atoms with E-state index in [1.54, 1.807) is 6.92 Å². The lowest BCUT2D eigenvalue weighted by molar-refractivity contribution is -0.211. The van der Waals surface area contributed by atoms with Gasteiger partial charge < -0.3 is 30.5 Å². The molecule has 2 aromatic carbocycles. The van der Waals surface area contributed by atoms with Crippen LogP contribution < -0.4 is 5.32 Å². The summed E-state index contributed by atoms with van der Waals surface area (Å²) < 4.78 is 5.08. The van der Waals surface area contributed by atoms with Gasteiger partial charge in [-0.25, -0.2) is 4.79 Å². The molecule has 4 saturated carbocycles. The molecule has 288 valence electrons. The number of aliphatic carboxylic acids is 1. The number of aromatic nitrogens is 1. The van der Waals surface area contributed by atoms with E-state index in [-0.39, 0.29) is 52.8 Å². The lowest BCUT2D eigenvalue weighted by Gasteiger charge is -2.64. The summed E-state index contributed by atoms with van der Waals surface area (Å²) in [5.41, 5.74) is 2.67. The van der Waals surface area contributed by atoms with Crippen LogP contribution in [0.25, 0.3) is 10.9 Å². The number of aryl methyl sites for hydroxylation is 1. The minimum absolute atomic E-state index is 0.0845. The molecule has 3 aromatic rings. The van der Waals surface area contributed by atoms with E-state index in [2.05, 4.69) is 42.9 Å². The zero-order valence-corrected chi connectivity index (χ0v) is 32.3. The molecule has 0 amide bonds. The maximum absolute atomic E-state index is 12.7. The number of carbonyl (C=O) groups is 2. The Hall–Kier alpha value is -3.97. The summed E-state index contributed by atoms with van der Waals surface area (Å²) in [6.45, 7) is 8.94. The maximum atomic E-state index is 12.7. The first kappa shape index (κ1) is 38.3. The number of esters is 1. The third-order valence-corrected chi connectivity index (χ3v) is 14.7. The van der Waals surface area contributed by atoms with E-state index in [0.717, 1.165) is 41.3 Å². The molecule has 1 heterocycles. The second-order valence-corrected chi connectivity index (χ2v) is 17.5. The number of para-hydroxylation sites is 1. The van der Waals surface area contributed by atoms with Crippen LogP contribution in [0.15, 0.2) is 48.5 Å². The van der Waals surface area contributed by atoms with Crippen molar-refractivity contribution < 1.29 is 34.8 Å². The van der Waals surface area contributed by atoms with Crippen LogP contribution in [0, 0.1) is 65.1 Å². The molecule has 11 atom stereocenters. The molecular formula is C45H56N2O7. The van der Waals surface area contributed by atoms with Gasteiger partial charge >= 0.3 is 11.9 Å². The van der Waals surface area contributed by atoms with Gasteiger partial charge in [0.15, 0.2) is 0 Å². The van der Waals surface area contributed by atoms with Crippen molar-refractivity contribution in [3.8, 4) is 11.8 Å². The van der Waals surface area contributed by atoms with Crippen LogP contribution >= 0.6 is 0 Å². The van der Waals surface area contributed by atoms with Gasteiger partial charge in [0.25, 0.3) is 0 Å². The molecule has 7 rings (SSSR count). The average Bonchev–Trinajstić information content (AvgIpc) is 3.51. The van der Waals surface area contributed by atoms with Gasteiger partial charge in [0.1, 0.15) is 11.2 Å². The Morgan fingerprint density at radius 3 is 2.50 bits per heavy atom. The fraction of sp³-hybridized carbons (Fsp3) is 0.578. The van der Waals surface area contributed by atoms with E-state index < -0.39 is 29.7 Å². The topological polar surface area (TPSA) is 149 Å². The molecule has 5 N–H and O–H groups in total. The van der Waals surface area contributed by atoms with Crippen molar-refractivity contribution in [2.24, 2.45) is 46.3 Å². The number of pyridine rings is 1. The molecule has 4 aliphatic carbocycles. The van der Waals surface area contributed by atoms with Gasteiger partial charge in [-0.3, -0.25) is 9.78 Å². The number of hydrogen-bond donors (Lipinski definition) is 5. The third kappa shape index (κ3) is 6.69. The van der Waals surface area contributed by atoms with Crippen LogP contribution in [-0.4, -0.2) is 62.3 Å². The number of anilines is 1. The number of rotatable bonds is 8. The molecule has 11 unspecified atom stereocenters. The largest absolute Gasteiger partial charge is 0.481 e. The Morgan fingerprint density at radius 2 is 1.78 bits per heavy atom. The Kier molecular flexibility index (Phi) is 10.4. The molecule has 4 fully saturated rings. The Balaban J connectivity index is 1.03. The quantitative estimate of drug-likeness (QED) is 0.120. The van der Waals surface area contributed by atoms with E-state index in [4.69, 9.17) is 4.74 Å². The number of fused-ring (bicyclic) bond motifs is 6. The molecule has 0 saturated heterocycles. The molecule has 0 aliphatic heterocycles. The minimum Gasteiger partial charge on any atom is -0.481 e. The highest BCUT2D eigenvalue weighted by atomic mass is 16.5. The molecular weight excluding hydrogens is 681 g/mol. The third-order valence-electron chi connectivity index (χ3n) is 14.7. The Labute approximate surface area is 318 Å². The highest BCUT2D eigenvalue weighted by Crippen LogP contribution is 2.69. The lowest BCUT2D eigenvalue weighted by atomic mass is 9.42. The number of aliphatic hydroxyl groups is 3. The fourth-order valence-electron chi connectivity index (χ4n) is 11.8. The second-order valence-electron chi connectivity index (χ2n) is 17.5. The van der Waals surface area contributed by atoms with E-state index >= 15 is 0 Å². The first-order valence-electron chi connectivity index (χ1n) is 19.8. The molecule has 4 aliphatic rings.